The van der Waals surface area contributed by atoms with E-state index in [1.165, 1.54) is 16.8 Å². The van der Waals surface area contributed by atoms with E-state index >= 15 is 0 Å². The van der Waals surface area contributed by atoms with Gasteiger partial charge in [-0.05, 0) is 24.8 Å². The molecule has 0 radical (unpaired) electrons. The number of hydrogen-bond acceptors (Lipinski definition) is 5. The summed E-state index contributed by atoms with van der Waals surface area (Å²) in [5.74, 6) is 1.01. The summed E-state index contributed by atoms with van der Waals surface area (Å²) in [6.45, 7) is 6.30. The third-order valence-corrected chi connectivity index (χ3v) is 5.27. The van der Waals surface area contributed by atoms with Gasteiger partial charge in [-0.3, -0.25) is 9.58 Å². The van der Waals surface area contributed by atoms with Crippen molar-refractivity contribution in [1.29, 1.82) is 0 Å². The van der Waals surface area contributed by atoms with Crippen molar-refractivity contribution >= 4 is 0 Å². The molecule has 0 saturated carbocycles. The lowest BCUT2D eigenvalue weighted by Crippen LogP contribution is -2.34. The fourth-order valence-corrected chi connectivity index (χ4v) is 4.03. The second-order valence-electron chi connectivity index (χ2n) is 7.27. The topological polar surface area (TPSA) is 52.7 Å². The first-order valence-corrected chi connectivity index (χ1v) is 9.18. The van der Waals surface area contributed by atoms with Crippen molar-refractivity contribution in [3.63, 3.8) is 0 Å². The van der Waals surface area contributed by atoms with Crippen molar-refractivity contribution in [3.05, 3.63) is 41.6 Å². The lowest BCUT2D eigenvalue weighted by Gasteiger charge is -2.31. The Bertz CT molecular complexity index is 662. The van der Waals surface area contributed by atoms with Crippen LogP contribution in [0.25, 0.3) is 0 Å². The third-order valence-electron chi connectivity index (χ3n) is 5.27. The highest BCUT2D eigenvalue weighted by atomic mass is 16.5. The van der Waals surface area contributed by atoms with E-state index in [2.05, 4.69) is 15.8 Å². The van der Waals surface area contributed by atoms with Crippen LogP contribution in [0.1, 0.15) is 35.6 Å². The summed E-state index contributed by atoms with van der Waals surface area (Å²) in [6.07, 6.45) is 8.09. The maximum absolute atomic E-state index is 5.47. The summed E-state index contributed by atoms with van der Waals surface area (Å²) in [6, 6.07) is 2.04. The van der Waals surface area contributed by atoms with Crippen molar-refractivity contribution in [1.82, 2.24) is 14.7 Å². The molecule has 0 aliphatic carbocycles. The Hall–Kier alpha value is -1.63. The Morgan fingerprint density at radius 1 is 1.32 bits per heavy atom. The number of rotatable bonds is 6. The number of methoxy groups -OCH3 is 1. The summed E-state index contributed by atoms with van der Waals surface area (Å²) in [7, 11) is 1.77. The summed E-state index contributed by atoms with van der Waals surface area (Å²) in [5, 5.41) is 4.93. The van der Waals surface area contributed by atoms with E-state index < -0.39 is 0 Å². The lowest BCUT2D eigenvalue weighted by atomic mass is 9.97. The highest BCUT2D eigenvalue weighted by Gasteiger charge is 2.29. The fraction of sp³-hybridized carbons (Fsp3) is 0.632. The predicted octanol–water partition coefficient (Wildman–Crippen LogP) is 2.65. The van der Waals surface area contributed by atoms with Crippen LogP contribution >= 0.6 is 0 Å². The van der Waals surface area contributed by atoms with Crippen molar-refractivity contribution in [2.75, 3.05) is 33.5 Å². The van der Waals surface area contributed by atoms with Gasteiger partial charge < -0.3 is 13.9 Å². The van der Waals surface area contributed by atoms with Crippen LogP contribution < -0.4 is 0 Å². The van der Waals surface area contributed by atoms with Crippen molar-refractivity contribution in [2.24, 2.45) is 5.92 Å². The van der Waals surface area contributed by atoms with Crippen LogP contribution in [0.5, 0.6) is 0 Å². The van der Waals surface area contributed by atoms with Crippen LogP contribution in [-0.4, -0.2) is 48.2 Å². The van der Waals surface area contributed by atoms with Crippen molar-refractivity contribution in [3.8, 4) is 0 Å². The van der Waals surface area contributed by atoms with Gasteiger partial charge >= 0.3 is 0 Å². The van der Waals surface area contributed by atoms with Gasteiger partial charge in [0, 0.05) is 69.7 Å². The van der Waals surface area contributed by atoms with Gasteiger partial charge in [-0.2, -0.15) is 5.10 Å². The molecule has 0 amide bonds. The van der Waals surface area contributed by atoms with E-state index in [0.717, 1.165) is 52.2 Å². The summed E-state index contributed by atoms with van der Waals surface area (Å²) in [4.78, 5) is 2.46. The minimum absolute atomic E-state index is 0.330. The van der Waals surface area contributed by atoms with E-state index in [1.807, 2.05) is 12.3 Å². The summed E-state index contributed by atoms with van der Waals surface area (Å²) >= 11 is 0. The second-order valence-corrected chi connectivity index (χ2v) is 7.27. The lowest BCUT2D eigenvalue weighted by molar-refractivity contribution is 0.0601. The fourth-order valence-electron chi connectivity index (χ4n) is 4.03. The largest absolute Gasteiger partial charge is 0.472 e. The number of furan rings is 1. The summed E-state index contributed by atoms with van der Waals surface area (Å²) < 4.78 is 18.3. The molecule has 25 heavy (non-hydrogen) atoms. The number of fused-ring (bicyclic) bond motifs is 1. The molecule has 6 heteroatoms. The molecule has 0 aromatic carbocycles. The molecule has 2 aliphatic heterocycles. The Morgan fingerprint density at radius 3 is 2.96 bits per heavy atom. The number of nitrogens with zero attached hydrogens (tertiary/aromatic N) is 3. The molecule has 2 aromatic rings. The van der Waals surface area contributed by atoms with E-state index in [1.54, 1.807) is 13.4 Å². The molecule has 0 spiro atoms. The van der Waals surface area contributed by atoms with Gasteiger partial charge in [-0.25, -0.2) is 0 Å². The first-order valence-electron chi connectivity index (χ1n) is 9.18. The molecule has 4 heterocycles. The van der Waals surface area contributed by atoms with Gasteiger partial charge in [0.05, 0.1) is 24.8 Å². The Labute approximate surface area is 148 Å². The van der Waals surface area contributed by atoms with Crippen LogP contribution in [0, 0.1) is 5.92 Å². The first kappa shape index (κ1) is 16.8. The number of aromatic nitrogens is 2. The average molecular weight is 345 g/mol. The number of ether oxygens (including phenoxy) is 2. The third kappa shape index (κ3) is 3.97. The van der Waals surface area contributed by atoms with Crippen LogP contribution in [0.3, 0.4) is 0 Å². The second kappa shape index (κ2) is 7.72. The van der Waals surface area contributed by atoms with Gasteiger partial charge in [-0.15, -0.1) is 0 Å². The first-order chi connectivity index (χ1) is 12.3. The van der Waals surface area contributed by atoms with E-state index in [4.69, 9.17) is 19.0 Å². The molecule has 1 saturated heterocycles. The maximum atomic E-state index is 5.47. The van der Waals surface area contributed by atoms with Gasteiger partial charge in [0.1, 0.15) is 0 Å². The normalized spacial score (nSPS) is 22.2. The molecular weight excluding hydrogens is 318 g/mol. The zero-order valence-corrected chi connectivity index (χ0v) is 14.9. The standard InChI is InChI=1S/C19H27N3O3/c1-23-14-18-11-21(8-16-4-7-25-13-16)10-17-12-22(20-19(17)18)9-15-2-5-24-6-3-15/h4,7,12-13,15,18H,2-3,5-6,8-11,14H2,1H3/t18-/m1/s1. The monoisotopic (exact) mass is 345 g/mol. The minimum Gasteiger partial charge on any atom is -0.472 e. The van der Waals surface area contributed by atoms with E-state index in [-0.39, 0.29) is 0 Å². The molecule has 1 atom stereocenters. The Kier molecular flexibility index (Phi) is 5.20. The number of hydrogen-bond donors (Lipinski definition) is 0. The minimum atomic E-state index is 0.330. The highest BCUT2D eigenvalue weighted by molar-refractivity contribution is 5.25. The van der Waals surface area contributed by atoms with E-state index in [0.29, 0.717) is 18.4 Å². The molecule has 2 aromatic heterocycles. The Morgan fingerprint density at radius 2 is 2.20 bits per heavy atom. The quantitative estimate of drug-likeness (QED) is 0.806. The van der Waals surface area contributed by atoms with Gasteiger partial charge in [0.2, 0.25) is 0 Å². The Balaban J connectivity index is 1.48. The average Bonchev–Trinajstić information content (AvgIpc) is 3.26. The van der Waals surface area contributed by atoms with Gasteiger partial charge in [0.25, 0.3) is 0 Å². The van der Waals surface area contributed by atoms with Crippen LogP contribution in [0.4, 0.5) is 0 Å². The molecule has 6 nitrogen and oxygen atoms in total. The maximum Gasteiger partial charge on any atom is 0.0947 e. The molecule has 0 bridgehead atoms. The summed E-state index contributed by atoms with van der Waals surface area (Å²) in [5.41, 5.74) is 3.77. The van der Waals surface area contributed by atoms with Gasteiger partial charge in [-0.1, -0.05) is 0 Å². The predicted molar refractivity (Wildman–Crippen MR) is 93.2 cm³/mol. The van der Waals surface area contributed by atoms with E-state index in [9.17, 15) is 0 Å². The molecule has 1 fully saturated rings. The zero-order valence-electron chi connectivity index (χ0n) is 14.9. The van der Waals surface area contributed by atoms with Crippen molar-refractivity contribution in [2.45, 2.75) is 38.4 Å². The van der Waals surface area contributed by atoms with Gasteiger partial charge in [0.15, 0.2) is 0 Å². The molecule has 2 aliphatic rings. The molecular formula is C19H27N3O3. The molecule has 136 valence electrons. The molecule has 4 rings (SSSR count). The SMILES string of the molecule is COC[C@H]1CN(Cc2ccoc2)Cc2cn(CC3CCOCC3)nc21. The smallest absolute Gasteiger partial charge is 0.0947 e. The van der Waals surface area contributed by atoms with Crippen LogP contribution in [0.2, 0.25) is 0 Å². The van der Waals surface area contributed by atoms with Crippen LogP contribution in [0.15, 0.2) is 29.2 Å². The van der Waals surface area contributed by atoms with Crippen molar-refractivity contribution < 1.29 is 13.9 Å². The highest BCUT2D eigenvalue weighted by Crippen LogP contribution is 2.29. The van der Waals surface area contributed by atoms with Crippen LogP contribution in [-0.2, 0) is 29.1 Å². The molecule has 0 unspecified atom stereocenters. The zero-order chi connectivity index (χ0) is 17.1. The molecule has 0 N–H and O–H groups in total.